The van der Waals surface area contributed by atoms with Crippen LogP contribution in [0.15, 0.2) is 18.2 Å². The van der Waals surface area contributed by atoms with Gasteiger partial charge in [0.15, 0.2) is 0 Å². The molecule has 1 fully saturated rings. The lowest BCUT2D eigenvalue weighted by atomic mass is 10.3. The van der Waals surface area contributed by atoms with Gasteiger partial charge in [0.2, 0.25) is 5.91 Å². The molecule has 0 unspecified atom stereocenters. The average molecular weight is 298 g/mol. The van der Waals surface area contributed by atoms with Gasteiger partial charge in [0.05, 0.1) is 18.8 Å². The SMILES string of the molecule is CCOc1ccc(Cl)cc1NC(=O)CN1CCNCC1. The normalized spacial score (nSPS) is 15.9. The molecule has 1 saturated heterocycles. The summed E-state index contributed by atoms with van der Waals surface area (Å²) in [6.07, 6.45) is 0. The van der Waals surface area contributed by atoms with E-state index in [1.165, 1.54) is 0 Å². The van der Waals surface area contributed by atoms with Crippen molar-refractivity contribution in [3.05, 3.63) is 23.2 Å². The third-order valence-corrected chi connectivity index (χ3v) is 3.33. The summed E-state index contributed by atoms with van der Waals surface area (Å²) in [6.45, 7) is 6.47. The molecule has 1 aliphatic heterocycles. The molecule has 1 amide bonds. The Kier molecular flexibility index (Phi) is 5.64. The summed E-state index contributed by atoms with van der Waals surface area (Å²) < 4.78 is 5.49. The van der Waals surface area contributed by atoms with Gasteiger partial charge in [-0.25, -0.2) is 0 Å². The third kappa shape index (κ3) is 4.37. The van der Waals surface area contributed by atoms with Gasteiger partial charge >= 0.3 is 0 Å². The van der Waals surface area contributed by atoms with Crippen LogP contribution in [0.25, 0.3) is 0 Å². The molecular formula is C14H20ClN3O2. The molecule has 1 aromatic carbocycles. The summed E-state index contributed by atoms with van der Waals surface area (Å²) >= 11 is 5.97. The predicted molar refractivity (Wildman–Crippen MR) is 80.6 cm³/mol. The third-order valence-electron chi connectivity index (χ3n) is 3.09. The number of anilines is 1. The molecular weight excluding hydrogens is 278 g/mol. The Morgan fingerprint density at radius 3 is 2.90 bits per heavy atom. The highest BCUT2D eigenvalue weighted by Gasteiger charge is 2.15. The zero-order chi connectivity index (χ0) is 14.4. The first kappa shape index (κ1) is 15.1. The molecule has 2 N–H and O–H groups in total. The maximum atomic E-state index is 12.1. The number of piperazine rings is 1. The van der Waals surface area contributed by atoms with E-state index in [1.54, 1.807) is 18.2 Å². The monoisotopic (exact) mass is 297 g/mol. The highest BCUT2D eigenvalue weighted by molar-refractivity contribution is 6.31. The van der Waals surface area contributed by atoms with E-state index < -0.39 is 0 Å². The van der Waals surface area contributed by atoms with Crippen molar-refractivity contribution in [3.8, 4) is 5.75 Å². The highest BCUT2D eigenvalue weighted by atomic mass is 35.5. The van der Waals surface area contributed by atoms with Gasteiger partial charge in [-0.1, -0.05) is 11.6 Å². The number of nitrogens with one attached hydrogen (secondary N) is 2. The lowest BCUT2D eigenvalue weighted by molar-refractivity contribution is -0.117. The maximum absolute atomic E-state index is 12.1. The minimum Gasteiger partial charge on any atom is -0.492 e. The second kappa shape index (κ2) is 7.47. The second-order valence-corrected chi connectivity index (χ2v) is 5.08. The summed E-state index contributed by atoms with van der Waals surface area (Å²) in [5.74, 6) is 0.598. The molecule has 0 aliphatic carbocycles. The van der Waals surface area contributed by atoms with Crippen LogP contribution in [0.4, 0.5) is 5.69 Å². The topological polar surface area (TPSA) is 53.6 Å². The Balaban J connectivity index is 1.97. The van der Waals surface area contributed by atoms with Crippen LogP contribution in [0.2, 0.25) is 5.02 Å². The first-order valence-corrected chi connectivity index (χ1v) is 7.22. The fourth-order valence-corrected chi connectivity index (χ4v) is 2.32. The van der Waals surface area contributed by atoms with Crippen LogP contribution in [-0.4, -0.2) is 50.1 Å². The molecule has 1 heterocycles. The molecule has 0 saturated carbocycles. The molecule has 0 spiro atoms. The van der Waals surface area contributed by atoms with Crippen molar-refractivity contribution < 1.29 is 9.53 Å². The molecule has 110 valence electrons. The molecule has 6 heteroatoms. The Morgan fingerprint density at radius 2 is 2.20 bits per heavy atom. The smallest absolute Gasteiger partial charge is 0.238 e. The number of ether oxygens (including phenoxy) is 1. The Hall–Kier alpha value is -1.30. The van der Waals surface area contributed by atoms with Crippen LogP contribution in [-0.2, 0) is 4.79 Å². The first-order chi connectivity index (χ1) is 9.69. The van der Waals surface area contributed by atoms with Crippen molar-refractivity contribution in [2.75, 3.05) is 44.6 Å². The number of halogens is 1. The van der Waals surface area contributed by atoms with Gasteiger partial charge in [0.25, 0.3) is 0 Å². The Labute approximate surface area is 124 Å². The fourth-order valence-electron chi connectivity index (χ4n) is 2.14. The highest BCUT2D eigenvalue weighted by Crippen LogP contribution is 2.28. The van der Waals surface area contributed by atoms with Crippen LogP contribution in [0, 0.1) is 0 Å². The van der Waals surface area contributed by atoms with Gasteiger partial charge < -0.3 is 15.4 Å². The van der Waals surface area contributed by atoms with Crippen LogP contribution in [0.3, 0.4) is 0 Å². The van der Waals surface area contributed by atoms with Gasteiger partial charge in [0.1, 0.15) is 5.75 Å². The predicted octanol–water partition coefficient (Wildman–Crippen LogP) is 1.58. The first-order valence-electron chi connectivity index (χ1n) is 6.84. The van der Waals surface area contributed by atoms with E-state index >= 15 is 0 Å². The molecule has 0 bridgehead atoms. The molecule has 1 aromatic rings. The van der Waals surface area contributed by atoms with Crippen molar-refractivity contribution in [1.29, 1.82) is 0 Å². The summed E-state index contributed by atoms with van der Waals surface area (Å²) in [4.78, 5) is 14.2. The summed E-state index contributed by atoms with van der Waals surface area (Å²) in [5, 5.41) is 6.71. The second-order valence-electron chi connectivity index (χ2n) is 4.65. The standard InChI is InChI=1S/C14H20ClN3O2/c1-2-20-13-4-3-11(15)9-12(13)17-14(19)10-18-7-5-16-6-8-18/h3-4,9,16H,2,5-8,10H2,1H3,(H,17,19). The molecule has 5 nitrogen and oxygen atoms in total. The van der Waals surface area contributed by atoms with E-state index in [2.05, 4.69) is 15.5 Å². The number of hydrogen-bond donors (Lipinski definition) is 2. The summed E-state index contributed by atoms with van der Waals surface area (Å²) in [6, 6.07) is 5.23. The lowest BCUT2D eigenvalue weighted by Crippen LogP contribution is -2.46. The van der Waals surface area contributed by atoms with E-state index in [1.807, 2.05) is 6.92 Å². The molecule has 1 aliphatic rings. The zero-order valence-corrected chi connectivity index (χ0v) is 12.4. The van der Waals surface area contributed by atoms with Crippen molar-refractivity contribution in [2.24, 2.45) is 0 Å². The van der Waals surface area contributed by atoms with Gasteiger partial charge in [-0.05, 0) is 25.1 Å². The van der Waals surface area contributed by atoms with Gasteiger partial charge in [-0.2, -0.15) is 0 Å². The van der Waals surface area contributed by atoms with Crippen LogP contribution >= 0.6 is 11.6 Å². The Morgan fingerprint density at radius 1 is 1.45 bits per heavy atom. The van der Waals surface area contributed by atoms with E-state index in [4.69, 9.17) is 16.3 Å². The van der Waals surface area contributed by atoms with Crippen molar-refractivity contribution in [2.45, 2.75) is 6.92 Å². The molecule has 0 atom stereocenters. The Bertz CT molecular complexity index is 462. The van der Waals surface area contributed by atoms with Crippen molar-refractivity contribution in [1.82, 2.24) is 10.2 Å². The summed E-state index contributed by atoms with van der Waals surface area (Å²) in [5.41, 5.74) is 0.625. The van der Waals surface area contributed by atoms with Crippen molar-refractivity contribution in [3.63, 3.8) is 0 Å². The van der Waals surface area contributed by atoms with Gasteiger partial charge in [-0.15, -0.1) is 0 Å². The van der Waals surface area contributed by atoms with Crippen LogP contribution in [0.5, 0.6) is 5.75 Å². The van der Waals surface area contributed by atoms with Gasteiger partial charge in [-0.3, -0.25) is 9.69 Å². The van der Waals surface area contributed by atoms with E-state index in [9.17, 15) is 4.79 Å². The average Bonchev–Trinajstić information content (AvgIpc) is 2.43. The van der Waals surface area contributed by atoms with Crippen LogP contribution < -0.4 is 15.4 Å². The lowest BCUT2D eigenvalue weighted by Gasteiger charge is -2.26. The number of amides is 1. The van der Waals surface area contributed by atoms with Crippen LogP contribution in [0.1, 0.15) is 6.92 Å². The van der Waals surface area contributed by atoms with Gasteiger partial charge in [0, 0.05) is 31.2 Å². The number of rotatable bonds is 5. The zero-order valence-electron chi connectivity index (χ0n) is 11.6. The number of hydrogen-bond acceptors (Lipinski definition) is 4. The van der Waals surface area contributed by atoms with E-state index in [-0.39, 0.29) is 5.91 Å². The summed E-state index contributed by atoms with van der Waals surface area (Å²) in [7, 11) is 0. The number of nitrogens with zero attached hydrogens (tertiary/aromatic N) is 1. The van der Waals surface area contributed by atoms with E-state index in [0.717, 1.165) is 26.2 Å². The number of carbonyl (C=O) groups is 1. The quantitative estimate of drug-likeness (QED) is 0.866. The minimum absolute atomic E-state index is 0.0462. The fraction of sp³-hybridized carbons (Fsp3) is 0.500. The molecule has 2 rings (SSSR count). The molecule has 0 aromatic heterocycles. The minimum atomic E-state index is -0.0462. The maximum Gasteiger partial charge on any atom is 0.238 e. The van der Waals surface area contributed by atoms with E-state index in [0.29, 0.717) is 29.6 Å². The number of carbonyl (C=O) groups excluding carboxylic acids is 1. The number of benzene rings is 1. The largest absolute Gasteiger partial charge is 0.492 e. The molecule has 0 radical (unpaired) electrons. The molecule has 20 heavy (non-hydrogen) atoms. The van der Waals surface area contributed by atoms with Crippen molar-refractivity contribution >= 4 is 23.2 Å².